The largest absolute Gasteiger partial charge is 0.272 e. The standard InChI is InChI=1S/C11H13N2/c1-9-8-13(2)11(12-9)10-6-4-3-5-7-10/h3-8,11H,1-2H3/q+1. The van der Waals surface area contributed by atoms with Crippen LogP contribution in [-0.4, -0.2) is 23.5 Å². The second-order valence-corrected chi connectivity index (χ2v) is 3.35. The molecule has 0 saturated heterocycles. The Morgan fingerprint density at radius 2 is 1.92 bits per heavy atom. The number of aliphatic imine (C=N–C) groups is 1. The van der Waals surface area contributed by atoms with E-state index in [9.17, 15) is 0 Å². The van der Waals surface area contributed by atoms with Gasteiger partial charge in [0.2, 0.25) is 0 Å². The van der Waals surface area contributed by atoms with Crippen LogP contribution in [0.25, 0.3) is 0 Å². The van der Waals surface area contributed by atoms with Gasteiger partial charge in [0, 0.05) is 5.56 Å². The van der Waals surface area contributed by atoms with E-state index >= 15 is 0 Å². The highest BCUT2D eigenvalue weighted by Crippen LogP contribution is 2.19. The minimum atomic E-state index is 0.182. The van der Waals surface area contributed by atoms with Gasteiger partial charge in [0.15, 0.2) is 6.21 Å². The van der Waals surface area contributed by atoms with Crippen LogP contribution >= 0.6 is 0 Å². The quantitative estimate of drug-likeness (QED) is 0.576. The van der Waals surface area contributed by atoms with Crippen LogP contribution in [0.15, 0.2) is 35.3 Å². The molecule has 1 aromatic carbocycles. The number of hydrogen-bond donors (Lipinski definition) is 0. The first-order chi connectivity index (χ1) is 6.27. The maximum absolute atomic E-state index is 4.53. The molecule has 0 N–H and O–H groups in total. The van der Waals surface area contributed by atoms with Gasteiger partial charge in [-0.2, -0.15) is 0 Å². The van der Waals surface area contributed by atoms with Crippen molar-refractivity contribution in [3.8, 4) is 0 Å². The van der Waals surface area contributed by atoms with Crippen molar-refractivity contribution in [1.82, 2.24) is 0 Å². The van der Waals surface area contributed by atoms with Crippen molar-refractivity contribution in [3.63, 3.8) is 0 Å². The molecule has 1 aliphatic rings. The van der Waals surface area contributed by atoms with Crippen molar-refractivity contribution in [2.45, 2.75) is 13.1 Å². The van der Waals surface area contributed by atoms with Gasteiger partial charge in [0.1, 0.15) is 12.8 Å². The first-order valence-electron chi connectivity index (χ1n) is 4.43. The topological polar surface area (TPSA) is 15.4 Å². The summed E-state index contributed by atoms with van der Waals surface area (Å²) in [4.78, 5) is 4.53. The van der Waals surface area contributed by atoms with E-state index in [1.54, 1.807) is 0 Å². The Hall–Kier alpha value is -1.44. The SMILES string of the molecule is CC1=NC(c2ccccc2)[N+](C)=C1. The molecule has 0 fully saturated rings. The lowest BCUT2D eigenvalue weighted by molar-refractivity contribution is -0.533. The molecule has 1 atom stereocenters. The van der Waals surface area contributed by atoms with Crippen molar-refractivity contribution in [2.75, 3.05) is 7.05 Å². The zero-order chi connectivity index (χ0) is 9.26. The van der Waals surface area contributed by atoms with Crippen LogP contribution in [0.5, 0.6) is 0 Å². The highest BCUT2D eigenvalue weighted by molar-refractivity contribution is 6.28. The fourth-order valence-corrected chi connectivity index (χ4v) is 1.62. The van der Waals surface area contributed by atoms with E-state index in [4.69, 9.17) is 0 Å². The highest BCUT2D eigenvalue weighted by Gasteiger charge is 2.23. The first-order valence-corrected chi connectivity index (χ1v) is 4.43. The Morgan fingerprint density at radius 3 is 2.46 bits per heavy atom. The number of benzene rings is 1. The summed E-state index contributed by atoms with van der Waals surface area (Å²) in [6, 6.07) is 10.3. The van der Waals surface area contributed by atoms with Crippen LogP contribution in [0.3, 0.4) is 0 Å². The summed E-state index contributed by atoms with van der Waals surface area (Å²) in [6.45, 7) is 2.03. The smallest absolute Gasteiger partial charge is 0.212 e. The molecule has 1 aromatic rings. The fraction of sp³-hybridized carbons (Fsp3) is 0.273. The van der Waals surface area contributed by atoms with E-state index in [-0.39, 0.29) is 6.17 Å². The van der Waals surface area contributed by atoms with Crippen molar-refractivity contribution in [3.05, 3.63) is 35.9 Å². The fourth-order valence-electron chi connectivity index (χ4n) is 1.62. The summed E-state index contributed by atoms with van der Waals surface area (Å²) in [6.07, 6.45) is 2.25. The maximum Gasteiger partial charge on any atom is 0.272 e. The molecule has 1 unspecified atom stereocenters. The minimum Gasteiger partial charge on any atom is -0.212 e. The van der Waals surface area contributed by atoms with Crippen molar-refractivity contribution in [1.29, 1.82) is 0 Å². The van der Waals surface area contributed by atoms with Crippen molar-refractivity contribution >= 4 is 11.9 Å². The minimum absolute atomic E-state index is 0.182. The molecule has 2 nitrogen and oxygen atoms in total. The third-order valence-electron chi connectivity index (χ3n) is 2.20. The lowest BCUT2D eigenvalue weighted by Crippen LogP contribution is -2.08. The average molecular weight is 173 g/mol. The van der Waals surface area contributed by atoms with Gasteiger partial charge in [-0.25, -0.2) is 9.57 Å². The Labute approximate surface area is 78.3 Å². The third-order valence-corrected chi connectivity index (χ3v) is 2.20. The molecule has 66 valence electrons. The lowest BCUT2D eigenvalue weighted by atomic mass is 10.2. The molecule has 2 rings (SSSR count). The molecule has 0 bridgehead atoms. The molecule has 0 aliphatic carbocycles. The Balaban J connectivity index is 2.35. The van der Waals surface area contributed by atoms with Crippen LogP contribution in [-0.2, 0) is 0 Å². The molecule has 1 heterocycles. The molecule has 13 heavy (non-hydrogen) atoms. The number of rotatable bonds is 1. The Kier molecular flexibility index (Phi) is 1.97. The lowest BCUT2D eigenvalue weighted by Gasteiger charge is -2.03. The van der Waals surface area contributed by atoms with Gasteiger partial charge in [-0.05, 0) is 6.92 Å². The van der Waals surface area contributed by atoms with Crippen molar-refractivity contribution in [2.24, 2.45) is 4.99 Å². The van der Waals surface area contributed by atoms with E-state index in [0.717, 1.165) is 5.71 Å². The number of hydrogen-bond acceptors (Lipinski definition) is 1. The summed E-state index contributed by atoms with van der Waals surface area (Å²) in [5.41, 5.74) is 2.34. The highest BCUT2D eigenvalue weighted by atomic mass is 15.2. The molecule has 1 aliphatic heterocycles. The van der Waals surface area contributed by atoms with Crippen LogP contribution < -0.4 is 0 Å². The van der Waals surface area contributed by atoms with E-state index in [1.807, 2.05) is 25.1 Å². The van der Waals surface area contributed by atoms with Gasteiger partial charge in [0.25, 0.3) is 6.17 Å². The zero-order valence-corrected chi connectivity index (χ0v) is 7.94. The summed E-state index contributed by atoms with van der Waals surface area (Å²) in [5.74, 6) is 0. The van der Waals surface area contributed by atoms with Crippen LogP contribution in [0.4, 0.5) is 0 Å². The normalized spacial score (nSPS) is 21.2. The second-order valence-electron chi connectivity index (χ2n) is 3.35. The second kappa shape index (κ2) is 3.13. The van der Waals surface area contributed by atoms with Gasteiger partial charge >= 0.3 is 0 Å². The molecular formula is C11H13N2+. The zero-order valence-electron chi connectivity index (χ0n) is 7.94. The van der Waals surface area contributed by atoms with E-state index < -0.39 is 0 Å². The summed E-state index contributed by atoms with van der Waals surface area (Å²) in [7, 11) is 2.05. The molecule has 0 amide bonds. The molecule has 2 heteroatoms. The van der Waals surface area contributed by atoms with Crippen LogP contribution in [0.2, 0.25) is 0 Å². The van der Waals surface area contributed by atoms with E-state index in [2.05, 4.69) is 35.0 Å². The predicted molar refractivity (Wildman–Crippen MR) is 54.5 cm³/mol. The summed E-state index contributed by atoms with van der Waals surface area (Å²) < 4.78 is 2.13. The van der Waals surface area contributed by atoms with Crippen molar-refractivity contribution < 1.29 is 4.58 Å². The van der Waals surface area contributed by atoms with Gasteiger partial charge in [-0.3, -0.25) is 0 Å². The van der Waals surface area contributed by atoms with Gasteiger partial charge in [0.05, 0.1) is 0 Å². The van der Waals surface area contributed by atoms with E-state index in [0.29, 0.717) is 0 Å². The number of nitrogens with zero attached hydrogens (tertiary/aromatic N) is 2. The predicted octanol–water partition coefficient (Wildman–Crippen LogP) is 1.87. The van der Waals surface area contributed by atoms with Gasteiger partial charge < -0.3 is 0 Å². The first kappa shape index (κ1) is 8.17. The molecule has 0 aromatic heterocycles. The maximum atomic E-state index is 4.53. The van der Waals surface area contributed by atoms with Crippen LogP contribution in [0, 0.1) is 0 Å². The summed E-state index contributed by atoms with van der Waals surface area (Å²) in [5, 5.41) is 0. The average Bonchev–Trinajstić information content (AvgIpc) is 2.47. The Morgan fingerprint density at radius 1 is 1.23 bits per heavy atom. The Bertz CT molecular complexity index is 363. The van der Waals surface area contributed by atoms with Gasteiger partial charge in [-0.1, -0.05) is 30.3 Å². The summed E-state index contributed by atoms with van der Waals surface area (Å²) >= 11 is 0. The molecule has 0 saturated carbocycles. The van der Waals surface area contributed by atoms with Gasteiger partial charge in [-0.15, -0.1) is 0 Å². The third kappa shape index (κ3) is 1.52. The van der Waals surface area contributed by atoms with E-state index in [1.165, 1.54) is 5.56 Å². The monoisotopic (exact) mass is 173 g/mol. The molecular weight excluding hydrogens is 160 g/mol. The molecule has 0 radical (unpaired) electrons. The van der Waals surface area contributed by atoms with Crippen LogP contribution in [0.1, 0.15) is 18.7 Å². The molecule has 0 spiro atoms.